The van der Waals surface area contributed by atoms with Gasteiger partial charge in [0.25, 0.3) is 6.43 Å². The van der Waals surface area contributed by atoms with Gasteiger partial charge in [0.1, 0.15) is 18.1 Å². The molecule has 2 heterocycles. The fourth-order valence-corrected chi connectivity index (χ4v) is 7.52. The lowest BCUT2D eigenvalue weighted by atomic mass is 9.65. The third-order valence-corrected chi connectivity index (χ3v) is 10.3. The number of aliphatic hydroxyl groups excluding tert-OH is 1. The highest BCUT2D eigenvalue weighted by molar-refractivity contribution is 6.31. The summed E-state index contributed by atoms with van der Waals surface area (Å²) >= 11 is 6.65. The van der Waals surface area contributed by atoms with E-state index in [-0.39, 0.29) is 55.1 Å². The number of nitrogens with two attached hydrogens (primary N) is 2. The van der Waals surface area contributed by atoms with Crippen LogP contribution in [0.5, 0.6) is 5.75 Å². The Morgan fingerprint density at radius 1 is 1.27 bits per heavy atom. The van der Waals surface area contributed by atoms with Gasteiger partial charge in [0.2, 0.25) is 11.8 Å². The first kappa shape index (κ1) is 32.2. The predicted molar refractivity (Wildman–Crippen MR) is 156 cm³/mol. The molecule has 14 heteroatoms. The van der Waals surface area contributed by atoms with Crippen LogP contribution in [0.15, 0.2) is 23.5 Å². The lowest BCUT2D eigenvalue weighted by molar-refractivity contribution is -0.170. The maximum absolute atomic E-state index is 14.4. The summed E-state index contributed by atoms with van der Waals surface area (Å²) in [5, 5.41) is 22.3. The van der Waals surface area contributed by atoms with E-state index in [9.17, 15) is 33.4 Å². The highest BCUT2D eigenvalue weighted by Gasteiger charge is 2.55. The molecule has 5 rings (SSSR count). The first-order valence-corrected chi connectivity index (χ1v) is 15.3. The SMILES string of the molecule is CN(N)/C(=C(\N)COc1ccc(Cl)c2c1C(CN1CC3(CC3)CC1=O)N(C(=O)[C@@H]1[C@@H](O)CCC[C@]1(C)C(=O)O)CC2)C(F)F. The largest absolute Gasteiger partial charge is 0.487 e. The van der Waals surface area contributed by atoms with Gasteiger partial charge in [-0.15, -0.1) is 0 Å². The van der Waals surface area contributed by atoms with Crippen molar-refractivity contribution >= 4 is 29.4 Å². The fourth-order valence-electron chi connectivity index (χ4n) is 7.26. The van der Waals surface area contributed by atoms with Crippen LogP contribution in [-0.4, -0.2) is 88.6 Å². The fraction of sp³-hybridized carbons (Fsp3) is 0.633. The van der Waals surface area contributed by atoms with E-state index in [0.717, 1.165) is 17.9 Å². The molecule has 2 saturated carbocycles. The molecule has 44 heavy (non-hydrogen) atoms. The Morgan fingerprint density at radius 2 is 1.98 bits per heavy atom. The van der Waals surface area contributed by atoms with Gasteiger partial charge in [0, 0.05) is 43.7 Å². The molecular weight excluding hydrogens is 600 g/mol. The summed E-state index contributed by atoms with van der Waals surface area (Å²) in [6.07, 6.45) is -0.540. The molecule has 1 aromatic rings. The number of carboxylic acid groups (broad SMARTS) is 1. The third-order valence-electron chi connectivity index (χ3n) is 9.93. The molecule has 6 N–H and O–H groups in total. The van der Waals surface area contributed by atoms with Crippen molar-refractivity contribution in [1.29, 1.82) is 0 Å². The first-order chi connectivity index (χ1) is 20.7. The number of nitrogens with zero attached hydrogens (tertiary/aromatic N) is 3. The van der Waals surface area contributed by atoms with Gasteiger partial charge in [-0.2, -0.15) is 0 Å². The number of hydrogen-bond donors (Lipinski definition) is 4. The second kappa shape index (κ2) is 12.0. The summed E-state index contributed by atoms with van der Waals surface area (Å²) in [5.74, 6) is 2.86. The number of fused-ring (bicyclic) bond motifs is 1. The third kappa shape index (κ3) is 5.81. The van der Waals surface area contributed by atoms with Crippen LogP contribution in [0.1, 0.15) is 62.6 Å². The van der Waals surface area contributed by atoms with Crippen molar-refractivity contribution in [3.8, 4) is 5.75 Å². The number of hydrogen-bond acceptors (Lipinski definition) is 8. The minimum atomic E-state index is -2.95. The van der Waals surface area contributed by atoms with E-state index in [1.807, 2.05) is 0 Å². The summed E-state index contributed by atoms with van der Waals surface area (Å²) in [6.45, 7) is 1.85. The Morgan fingerprint density at radius 3 is 2.57 bits per heavy atom. The standard InChI is InChI=1S/C30H40ClF2N5O6/c1-29(28(42)43)8-3-4-20(39)24(29)27(41)38-11-7-16-17(31)5-6-21(44-14-18(34)25(26(32)33)36(2)35)23(16)19(38)13-37-15-30(9-10-30)12-22(37)40/h5-6,19-20,24,26,39H,3-4,7-15,34-35H2,1-2H3,(H,42,43)/b25-18-/t19?,20-,24-,29-/m0/s1. The van der Waals surface area contributed by atoms with Crippen LogP contribution in [0.25, 0.3) is 0 Å². The van der Waals surface area contributed by atoms with Gasteiger partial charge in [-0.05, 0) is 68.6 Å². The number of ether oxygens (including phenoxy) is 1. The molecule has 1 spiro atoms. The van der Waals surface area contributed by atoms with E-state index in [1.54, 1.807) is 17.0 Å². The first-order valence-electron chi connectivity index (χ1n) is 14.9. The second-order valence-corrected chi connectivity index (χ2v) is 13.4. The molecule has 1 unspecified atom stereocenters. The molecular formula is C30H40ClF2N5O6. The summed E-state index contributed by atoms with van der Waals surface area (Å²) in [4.78, 5) is 43.2. The van der Waals surface area contributed by atoms with E-state index < -0.39 is 54.1 Å². The lowest BCUT2D eigenvalue weighted by Crippen LogP contribution is -2.56. The number of alkyl halides is 2. The predicted octanol–water partition coefficient (Wildman–Crippen LogP) is 2.65. The van der Waals surface area contributed by atoms with Crippen molar-refractivity contribution in [3.05, 3.63) is 39.7 Å². The number of likely N-dealkylation sites (tertiary alicyclic amines) is 1. The highest BCUT2D eigenvalue weighted by Crippen LogP contribution is 2.54. The topological polar surface area (TPSA) is 163 Å². The monoisotopic (exact) mass is 639 g/mol. The van der Waals surface area contributed by atoms with Crippen molar-refractivity contribution in [2.75, 3.05) is 33.3 Å². The molecule has 0 radical (unpaired) electrons. The van der Waals surface area contributed by atoms with Gasteiger partial charge in [-0.1, -0.05) is 11.6 Å². The molecule has 1 saturated heterocycles. The molecule has 11 nitrogen and oxygen atoms in total. The van der Waals surface area contributed by atoms with Gasteiger partial charge in [-0.3, -0.25) is 14.4 Å². The number of carbonyl (C=O) groups excluding carboxylic acids is 2. The number of allylic oxidation sites excluding steroid dienone is 1. The minimum absolute atomic E-state index is 0.0423. The maximum atomic E-state index is 14.4. The van der Waals surface area contributed by atoms with E-state index in [4.69, 9.17) is 27.9 Å². The van der Waals surface area contributed by atoms with Crippen molar-refractivity contribution in [1.82, 2.24) is 14.8 Å². The van der Waals surface area contributed by atoms with Crippen molar-refractivity contribution < 1.29 is 38.1 Å². The summed E-state index contributed by atoms with van der Waals surface area (Å²) in [5.41, 5.74) is 4.70. The maximum Gasteiger partial charge on any atom is 0.310 e. The molecule has 1 aromatic carbocycles. The number of carboxylic acids is 1. The van der Waals surface area contributed by atoms with Crippen LogP contribution < -0.4 is 16.3 Å². The van der Waals surface area contributed by atoms with E-state index >= 15 is 0 Å². The Hall–Kier alpha value is -3.16. The summed E-state index contributed by atoms with van der Waals surface area (Å²) in [6, 6.07) is 2.37. The molecule has 4 atom stereocenters. The molecule has 4 aliphatic rings. The molecule has 0 bridgehead atoms. The van der Waals surface area contributed by atoms with Crippen LogP contribution in [0.2, 0.25) is 5.02 Å². The normalized spacial score (nSPS) is 28.2. The van der Waals surface area contributed by atoms with Crippen LogP contribution in [-0.2, 0) is 20.8 Å². The van der Waals surface area contributed by atoms with Crippen molar-refractivity contribution in [2.45, 2.75) is 70.4 Å². The van der Waals surface area contributed by atoms with E-state index in [0.29, 0.717) is 35.5 Å². The number of hydrazine groups is 1. The molecule has 2 amide bonds. The number of aliphatic carboxylic acids is 1. The average Bonchev–Trinajstić information content (AvgIpc) is 3.62. The van der Waals surface area contributed by atoms with Gasteiger partial charge >= 0.3 is 5.97 Å². The average molecular weight is 640 g/mol. The molecule has 3 fully saturated rings. The quantitative estimate of drug-likeness (QED) is 0.235. The minimum Gasteiger partial charge on any atom is -0.487 e. The Kier molecular flexibility index (Phi) is 8.78. The molecule has 2 aliphatic heterocycles. The smallest absolute Gasteiger partial charge is 0.310 e. The number of carbonyl (C=O) groups is 3. The van der Waals surface area contributed by atoms with Crippen LogP contribution in [0.3, 0.4) is 0 Å². The van der Waals surface area contributed by atoms with E-state index in [1.165, 1.54) is 18.9 Å². The number of halogens is 3. The number of benzene rings is 1. The zero-order valence-electron chi connectivity index (χ0n) is 24.9. The molecule has 0 aromatic heterocycles. The van der Waals surface area contributed by atoms with Crippen molar-refractivity contribution in [2.24, 2.45) is 28.3 Å². The molecule has 2 aliphatic carbocycles. The Labute approximate surface area is 259 Å². The molecule has 242 valence electrons. The number of amides is 2. The number of aliphatic hydroxyl groups is 1. The zero-order chi connectivity index (χ0) is 32.1. The van der Waals surface area contributed by atoms with Gasteiger partial charge in [-0.25, -0.2) is 14.6 Å². The Bertz CT molecular complexity index is 1360. The number of rotatable bonds is 9. The summed E-state index contributed by atoms with van der Waals surface area (Å²) < 4.78 is 33.3. The highest BCUT2D eigenvalue weighted by atomic mass is 35.5. The zero-order valence-corrected chi connectivity index (χ0v) is 25.7. The van der Waals surface area contributed by atoms with Crippen LogP contribution in [0, 0.1) is 16.7 Å². The van der Waals surface area contributed by atoms with Crippen LogP contribution in [0.4, 0.5) is 8.78 Å². The second-order valence-electron chi connectivity index (χ2n) is 13.0. The van der Waals surface area contributed by atoms with Crippen molar-refractivity contribution in [3.63, 3.8) is 0 Å². The van der Waals surface area contributed by atoms with Crippen LogP contribution >= 0.6 is 11.6 Å². The van der Waals surface area contributed by atoms with Gasteiger partial charge < -0.3 is 35.5 Å². The lowest BCUT2D eigenvalue weighted by Gasteiger charge is -2.46. The van der Waals surface area contributed by atoms with Gasteiger partial charge in [0.05, 0.1) is 29.2 Å². The summed E-state index contributed by atoms with van der Waals surface area (Å²) in [7, 11) is 1.24. The van der Waals surface area contributed by atoms with E-state index in [2.05, 4.69) is 0 Å². The van der Waals surface area contributed by atoms with Gasteiger partial charge in [0.15, 0.2) is 0 Å². The Balaban J connectivity index is 1.56.